The summed E-state index contributed by atoms with van der Waals surface area (Å²) < 4.78 is 2.27. The molecule has 0 unspecified atom stereocenters. The van der Waals surface area contributed by atoms with E-state index in [4.69, 9.17) is 0 Å². The van der Waals surface area contributed by atoms with Gasteiger partial charge < -0.3 is 4.57 Å². The van der Waals surface area contributed by atoms with Crippen LogP contribution in [-0.4, -0.2) is 9.55 Å². The molecule has 0 saturated carbocycles. The van der Waals surface area contributed by atoms with Crippen molar-refractivity contribution in [3.05, 3.63) is 41.7 Å². The van der Waals surface area contributed by atoms with Gasteiger partial charge in [0.05, 0.1) is 0 Å². The Balaban J connectivity index is 2.73. The molecule has 0 N–H and O–H groups in total. The Morgan fingerprint density at radius 1 is 0.900 bits per heavy atom. The monoisotopic (exact) mass is 270 g/mol. The van der Waals surface area contributed by atoms with E-state index in [0.717, 1.165) is 5.82 Å². The van der Waals surface area contributed by atoms with Crippen molar-refractivity contribution in [1.82, 2.24) is 9.55 Å². The Bertz CT molecular complexity index is 551. The SMILES string of the molecule is CC(C)c1cccc(C(C)C)c1-c1nccn1C(C)C. The van der Waals surface area contributed by atoms with Crippen LogP contribution in [0.1, 0.15) is 70.5 Å². The first-order valence-corrected chi connectivity index (χ1v) is 7.59. The van der Waals surface area contributed by atoms with Crippen molar-refractivity contribution in [2.45, 2.75) is 59.4 Å². The van der Waals surface area contributed by atoms with Gasteiger partial charge in [0.15, 0.2) is 0 Å². The molecule has 0 atom stereocenters. The summed E-state index contributed by atoms with van der Waals surface area (Å²) in [5.41, 5.74) is 4.12. The number of aromatic nitrogens is 2. The summed E-state index contributed by atoms with van der Waals surface area (Å²) in [5, 5.41) is 0. The lowest BCUT2D eigenvalue weighted by atomic mass is 9.88. The van der Waals surface area contributed by atoms with E-state index in [0.29, 0.717) is 17.9 Å². The zero-order valence-electron chi connectivity index (χ0n) is 13.5. The van der Waals surface area contributed by atoms with Gasteiger partial charge in [-0.2, -0.15) is 0 Å². The number of rotatable bonds is 4. The summed E-state index contributed by atoms with van der Waals surface area (Å²) in [6, 6.07) is 7.08. The largest absolute Gasteiger partial charge is 0.328 e. The van der Waals surface area contributed by atoms with Crippen LogP contribution in [0.3, 0.4) is 0 Å². The summed E-state index contributed by atoms with van der Waals surface area (Å²) in [6.07, 6.45) is 4.00. The molecule has 0 aliphatic heterocycles. The van der Waals surface area contributed by atoms with Crippen molar-refractivity contribution in [2.24, 2.45) is 0 Å². The fourth-order valence-electron chi connectivity index (χ4n) is 2.73. The first-order chi connectivity index (χ1) is 9.43. The van der Waals surface area contributed by atoms with E-state index in [1.807, 2.05) is 6.20 Å². The second-order valence-corrected chi connectivity index (χ2v) is 6.37. The maximum atomic E-state index is 4.66. The molecule has 20 heavy (non-hydrogen) atoms. The molecule has 0 spiro atoms. The van der Waals surface area contributed by atoms with Crippen molar-refractivity contribution < 1.29 is 0 Å². The van der Waals surface area contributed by atoms with Crippen LogP contribution < -0.4 is 0 Å². The first kappa shape index (κ1) is 14.8. The van der Waals surface area contributed by atoms with Crippen molar-refractivity contribution in [3.8, 4) is 11.4 Å². The molecule has 2 aromatic rings. The summed E-state index contributed by atoms with van der Waals surface area (Å²) in [6.45, 7) is 13.4. The van der Waals surface area contributed by atoms with E-state index >= 15 is 0 Å². The highest BCUT2D eigenvalue weighted by molar-refractivity contribution is 5.67. The minimum atomic E-state index is 0.424. The van der Waals surface area contributed by atoms with Crippen LogP contribution in [0.4, 0.5) is 0 Å². The Morgan fingerprint density at radius 3 is 1.90 bits per heavy atom. The third kappa shape index (κ3) is 2.65. The highest BCUT2D eigenvalue weighted by atomic mass is 15.1. The van der Waals surface area contributed by atoms with Gasteiger partial charge >= 0.3 is 0 Å². The van der Waals surface area contributed by atoms with Crippen molar-refractivity contribution in [2.75, 3.05) is 0 Å². The summed E-state index contributed by atoms with van der Waals surface area (Å²) in [5.74, 6) is 2.11. The zero-order chi connectivity index (χ0) is 14.9. The first-order valence-electron chi connectivity index (χ1n) is 7.59. The molecule has 0 fully saturated rings. The third-order valence-electron chi connectivity index (χ3n) is 3.82. The molecular formula is C18H26N2. The van der Waals surface area contributed by atoms with Gasteiger partial charge in [-0.15, -0.1) is 0 Å². The Hall–Kier alpha value is -1.57. The van der Waals surface area contributed by atoms with Gasteiger partial charge in [-0.25, -0.2) is 4.98 Å². The van der Waals surface area contributed by atoms with Crippen molar-refractivity contribution >= 4 is 0 Å². The number of hydrogen-bond donors (Lipinski definition) is 0. The second kappa shape index (κ2) is 5.82. The number of benzene rings is 1. The molecule has 2 rings (SSSR count). The highest BCUT2D eigenvalue weighted by Crippen LogP contribution is 2.36. The van der Waals surface area contributed by atoms with Crippen LogP contribution in [-0.2, 0) is 0 Å². The minimum Gasteiger partial charge on any atom is -0.328 e. The van der Waals surface area contributed by atoms with Crippen LogP contribution in [0.5, 0.6) is 0 Å². The zero-order valence-corrected chi connectivity index (χ0v) is 13.5. The normalized spacial score (nSPS) is 11.8. The van der Waals surface area contributed by atoms with Gasteiger partial charge in [-0.1, -0.05) is 45.9 Å². The molecule has 0 aliphatic rings. The smallest absolute Gasteiger partial charge is 0.140 e. The van der Waals surface area contributed by atoms with E-state index in [-0.39, 0.29) is 0 Å². The second-order valence-electron chi connectivity index (χ2n) is 6.37. The van der Waals surface area contributed by atoms with Crippen molar-refractivity contribution in [1.29, 1.82) is 0 Å². The van der Waals surface area contributed by atoms with Gasteiger partial charge in [-0.05, 0) is 36.8 Å². The molecule has 1 heterocycles. The standard InChI is InChI=1S/C18H26N2/c1-12(2)15-8-7-9-16(13(3)4)17(15)18-19-10-11-20(18)14(5)6/h7-14H,1-6H3. The molecule has 1 aromatic carbocycles. The quantitative estimate of drug-likeness (QED) is 0.729. The van der Waals surface area contributed by atoms with Crippen molar-refractivity contribution in [3.63, 3.8) is 0 Å². The average molecular weight is 270 g/mol. The fraction of sp³-hybridized carbons (Fsp3) is 0.500. The van der Waals surface area contributed by atoms with Crippen LogP contribution in [0.15, 0.2) is 30.6 Å². The predicted octanol–water partition coefficient (Wildman–Crippen LogP) is 5.38. The van der Waals surface area contributed by atoms with Gasteiger partial charge in [-0.3, -0.25) is 0 Å². The van der Waals surface area contributed by atoms with E-state index in [2.05, 4.69) is 75.5 Å². The molecule has 0 aliphatic carbocycles. The summed E-state index contributed by atoms with van der Waals surface area (Å²) in [7, 11) is 0. The van der Waals surface area contributed by atoms with Gasteiger partial charge in [0.2, 0.25) is 0 Å². The predicted molar refractivity (Wildman–Crippen MR) is 86.2 cm³/mol. The molecule has 0 amide bonds. The van der Waals surface area contributed by atoms with Gasteiger partial charge in [0, 0.05) is 24.0 Å². The molecule has 0 saturated heterocycles. The average Bonchev–Trinajstić information content (AvgIpc) is 2.86. The van der Waals surface area contributed by atoms with Gasteiger partial charge in [0.25, 0.3) is 0 Å². The lowest BCUT2D eigenvalue weighted by Crippen LogP contribution is -2.07. The molecule has 2 heteroatoms. The Kier molecular flexibility index (Phi) is 4.32. The van der Waals surface area contributed by atoms with Crippen LogP contribution in [0.25, 0.3) is 11.4 Å². The van der Waals surface area contributed by atoms with Crippen LogP contribution in [0.2, 0.25) is 0 Å². The molecule has 0 bridgehead atoms. The lowest BCUT2D eigenvalue weighted by molar-refractivity contribution is 0.605. The number of imidazole rings is 1. The maximum absolute atomic E-state index is 4.66. The number of hydrogen-bond acceptors (Lipinski definition) is 1. The summed E-state index contributed by atoms with van der Waals surface area (Å²) in [4.78, 5) is 4.66. The maximum Gasteiger partial charge on any atom is 0.140 e. The summed E-state index contributed by atoms with van der Waals surface area (Å²) >= 11 is 0. The van der Waals surface area contributed by atoms with E-state index in [1.165, 1.54) is 16.7 Å². The highest BCUT2D eigenvalue weighted by Gasteiger charge is 2.19. The molecule has 108 valence electrons. The Morgan fingerprint density at radius 2 is 1.45 bits per heavy atom. The van der Waals surface area contributed by atoms with E-state index in [9.17, 15) is 0 Å². The lowest BCUT2D eigenvalue weighted by Gasteiger charge is -2.21. The van der Waals surface area contributed by atoms with Crippen LogP contribution in [0, 0.1) is 0 Å². The van der Waals surface area contributed by atoms with E-state index < -0.39 is 0 Å². The topological polar surface area (TPSA) is 17.8 Å². The molecule has 0 radical (unpaired) electrons. The Labute approximate surface area is 122 Å². The number of nitrogens with zero attached hydrogens (tertiary/aromatic N) is 2. The fourth-order valence-corrected chi connectivity index (χ4v) is 2.73. The molecule has 1 aromatic heterocycles. The molecule has 2 nitrogen and oxygen atoms in total. The minimum absolute atomic E-state index is 0.424. The van der Waals surface area contributed by atoms with E-state index in [1.54, 1.807) is 0 Å². The van der Waals surface area contributed by atoms with Gasteiger partial charge in [0.1, 0.15) is 5.82 Å². The van der Waals surface area contributed by atoms with Crippen LogP contribution >= 0.6 is 0 Å². The molecular weight excluding hydrogens is 244 g/mol. The third-order valence-corrected chi connectivity index (χ3v) is 3.82.